The minimum Gasteiger partial charge on any atom is -0.466 e. The molecule has 4 heteroatoms. The molecular weight excluding hydrogens is 204 g/mol. The van der Waals surface area contributed by atoms with E-state index in [0.717, 1.165) is 0 Å². The second-order valence-corrected chi connectivity index (χ2v) is 4.10. The second kappa shape index (κ2) is 8.12. The van der Waals surface area contributed by atoms with Gasteiger partial charge in [0.2, 0.25) is 0 Å². The van der Waals surface area contributed by atoms with Gasteiger partial charge in [-0.05, 0) is 27.7 Å². The van der Waals surface area contributed by atoms with Crippen molar-refractivity contribution in [1.29, 1.82) is 5.26 Å². The lowest BCUT2D eigenvalue weighted by molar-refractivity contribution is -0.144. The zero-order chi connectivity index (χ0) is 12.6. The fourth-order valence-electron chi connectivity index (χ4n) is 1.75. The first-order chi connectivity index (χ1) is 7.52. The van der Waals surface area contributed by atoms with Gasteiger partial charge in [0.25, 0.3) is 0 Å². The number of esters is 1. The summed E-state index contributed by atoms with van der Waals surface area (Å²) in [6.45, 7) is 9.06. The van der Waals surface area contributed by atoms with Gasteiger partial charge in [0.05, 0.1) is 19.1 Å². The Morgan fingerprint density at radius 2 is 2.06 bits per heavy atom. The van der Waals surface area contributed by atoms with Crippen LogP contribution in [-0.4, -0.2) is 36.1 Å². The SMILES string of the molecule is CCOC(=O)CC(C)N(CCC#N)C(C)C. The Kier molecular flexibility index (Phi) is 7.57. The molecule has 1 atom stereocenters. The van der Waals surface area contributed by atoms with Crippen LogP contribution in [0.4, 0.5) is 0 Å². The van der Waals surface area contributed by atoms with E-state index in [-0.39, 0.29) is 12.0 Å². The van der Waals surface area contributed by atoms with Crippen LogP contribution in [0.2, 0.25) is 0 Å². The van der Waals surface area contributed by atoms with Crippen LogP contribution in [0.3, 0.4) is 0 Å². The highest BCUT2D eigenvalue weighted by molar-refractivity contribution is 5.70. The maximum Gasteiger partial charge on any atom is 0.307 e. The van der Waals surface area contributed by atoms with Gasteiger partial charge >= 0.3 is 5.97 Å². The molecule has 92 valence electrons. The minimum atomic E-state index is -0.169. The Hall–Kier alpha value is -1.08. The third kappa shape index (κ3) is 5.72. The van der Waals surface area contributed by atoms with Gasteiger partial charge in [0.15, 0.2) is 0 Å². The monoisotopic (exact) mass is 226 g/mol. The molecule has 16 heavy (non-hydrogen) atoms. The number of ether oxygens (including phenoxy) is 1. The van der Waals surface area contributed by atoms with Crippen LogP contribution in [0.5, 0.6) is 0 Å². The molecule has 0 aliphatic carbocycles. The van der Waals surface area contributed by atoms with Crippen molar-refractivity contribution < 1.29 is 9.53 Å². The van der Waals surface area contributed by atoms with Crippen molar-refractivity contribution in [3.63, 3.8) is 0 Å². The van der Waals surface area contributed by atoms with Crippen molar-refractivity contribution in [2.75, 3.05) is 13.2 Å². The molecule has 0 N–H and O–H groups in total. The molecule has 0 aromatic heterocycles. The molecule has 0 saturated carbocycles. The molecular formula is C12H22N2O2. The molecule has 0 fully saturated rings. The number of carbonyl (C=O) groups is 1. The summed E-state index contributed by atoms with van der Waals surface area (Å²) in [5, 5.41) is 8.58. The summed E-state index contributed by atoms with van der Waals surface area (Å²) < 4.78 is 4.92. The van der Waals surface area contributed by atoms with Crippen molar-refractivity contribution in [2.24, 2.45) is 0 Å². The zero-order valence-corrected chi connectivity index (χ0v) is 10.7. The first kappa shape index (κ1) is 14.9. The summed E-state index contributed by atoms with van der Waals surface area (Å²) in [7, 11) is 0. The summed E-state index contributed by atoms with van der Waals surface area (Å²) in [5.74, 6) is -0.169. The number of carbonyl (C=O) groups excluding carboxylic acids is 1. The lowest BCUT2D eigenvalue weighted by atomic mass is 10.1. The number of hydrogen-bond donors (Lipinski definition) is 0. The van der Waals surface area contributed by atoms with Crippen LogP contribution >= 0.6 is 0 Å². The molecule has 0 saturated heterocycles. The predicted molar refractivity (Wildman–Crippen MR) is 62.8 cm³/mol. The molecule has 0 spiro atoms. The van der Waals surface area contributed by atoms with E-state index >= 15 is 0 Å². The summed E-state index contributed by atoms with van der Waals surface area (Å²) in [5.41, 5.74) is 0. The smallest absolute Gasteiger partial charge is 0.307 e. The topological polar surface area (TPSA) is 53.3 Å². The zero-order valence-electron chi connectivity index (χ0n) is 10.7. The molecule has 4 nitrogen and oxygen atoms in total. The minimum absolute atomic E-state index is 0.118. The predicted octanol–water partition coefficient (Wildman–Crippen LogP) is 1.95. The van der Waals surface area contributed by atoms with Crippen molar-refractivity contribution in [3.8, 4) is 6.07 Å². The third-order valence-electron chi connectivity index (χ3n) is 2.48. The van der Waals surface area contributed by atoms with E-state index in [1.165, 1.54) is 0 Å². The quantitative estimate of drug-likeness (QED) is 0.623. The van der Waals surface area contributed by atoms with E-state index in [4.69, 9.17) is 10.00 Å². The van der Waals surface area contributed by atoms with Crippen molar-refractivity contribution in [3.05, 3.63) is 0 Å². The Bertz CT molecular complexity index is 246. The lowest BCUT2D eigenvalue weighted by Gasteiger charge is -2.31. The fraction of sp³-hybridized carbons (Fsp3) is 0.833. The highest BCUT2D eigenvalue weighted by Crippen LogP contribution is 2.10. The van der Waals surface area contributed by atoms with Crippen LogP contribution in [-0.2, 0) is 9.53 Å². The van der Waals surface area contributed by atoms with Crippen LogP contribution in [0.15, 0.2) is 0 Å². The van der Waals surface area contributed by atoms with Gasteiger partial charge in [0.1, 0.15) is 0 Å². The lowest BCUT2D eigenvalue weighted by Crippen LogP contribution is -2.40. The number of nitriles is 1. The van der Waals surface area contributed by atoms with E-state index < -0.39 is 0 Å². The normalized spacial score (nSPS) is 12.6. The van der Waals surface area contributed by atoms with Gasteiger partial charge in [-0.2, -0.15) is 5.26 Å². The summed E-state index contributed by atoms with van der Waals surface area (Å²) in [6, 6.07) is 2.58. The number of rotatable bonds is 7. The van der Waals surface area contributed by atoms with Crippen molar-refractivity contribution in [1.82, 2.24) is 4.90 Å². The van der Waals surface area contributed by atoms with Crippen LogP contribution < -0.4 is 0 Å². The molecule has 0 bridgehead atoms. The van der Waals surface area contributed by atoms with Crippen LogP contribution in [0.25, 0.3) is 0 Å². The second-order valence-electron chi connectivity index (χ2n) is 4.10. The summed E-state index contributed by atoms with van der Waals surface area (Å²) in [6.07, 6.45) is 0.878. The van der Waals surface area contributed by atoms with Crippen molar-refractivity contribution in [2.45, 2.75) is 52.6 Å². The average molecular weight is 226 g/mol. The Balaban J connectivity index is 4.21. The highest BCUT2D eigenvalue weighted by atomic mass is 16.5. The van der Waals surface area contributed by atoms with Gasteiger partial charge in [-0.15, -0.1) is 0 Å². The Labute approximate surface area is 98.2 Å². The summed E-state index contributed by atoms with van der Waals surface area (Å²) in [4.78, 5) is 13.5. The molecule has 0 amide bonds. The molecule has 0 rings (SSSR count). The Morgan fingerprint density at radius 3 is 2.50 bits per heavy atom. The average Bonchev–Trinajstić information content (AvgIpc) is 2.17. The molecule has 0 aromatic rings. The molecule has 0 aliphatic heterocycles. The van der Waals surface area contributed by atoms with Gasteiger partial charge in [-0.1, -0.05) is 0 Å². The van der Waals surface area contributed by atoms with Gasteiger partial charge in [0, 0.05) is 25.0 Å². The van der Waals surface area contributed by atoms with Crippen LogP contribution in [0, 0.1) is 11.3 Å². The molecule has 0 radical (unpaired) electrons. The number of hydrogen-bond acceptors (Lipinski definition) is 4. The molecule has 0 heterocycles. The van der Waals surface area contributed by atoms with Gasteiger partial charge < -0.3 is 4.74 Å². The first-order valence-corrected chi connectivity index (χ1v) is 5.81. The molecule has 1 unspecified atom stereocenters. The maximum atomic E-state index is 11.3. The molecule has 0 aromatic carbocycles. The van der Waals surface area contributed by atoms with E-state index in [2.05, 4.69) is 24.8 Å². The van der Waals surface area contributed by atoms with Crippen LogP contribution in [0.1, 0.15) is 40.5 Å². The maximum absolute atomic E-state index is 11.3. The first-order valence-electron chi connectivity index (χ1n) is 5.81. The summed E-state index contributed by atoms with van der Waals surface area (Å²) >= 11 is 0. The van der Waals surface area contributed by atoms with E-state index in [1.54, 1.807) is 6.92 Å². The molecule has 0 aliphatic rings. The fourth-order valence-corrected chi connectivity index (χ4v) is 1.75. The third-order valence-corrected chi connectivity index (χ3v) is 2.48. The van der Waals surface area contributed by atoms with E-state index in [1.807, 2.05) is 6.92 Å². The van der Waals surface area contributed by atoms with E-state index in [0.29, 0.717) is 32.0 Å². The largest absolute Gasteiger partial charge is 0.466 e. The highest BCUT2D eigenvalue weighted by Gasteiger charge is 2.19. The van der Waals surface area contributed by atoms with E-state index in [9.17, 15) is 4.79 Å². The van der Waals surface area contributed by atoms with Crippen molar-refractivity contribution >= 4 is 5.97 Å². The Morgan fingerprint density at radius 1 is 1.44 bits per heavy atom. The number of nitrogens with zero attached hydrogens (tertiary/aromatic N) is 2. The van der Waals surface area contributed by atoms with Gasteiger partial charge in [-0.3, -0.25) is 9.69 Å². The van der Waals surface area contributed by atoms with Gasteiger partial charge in [-0.25, -0.2) is 0 Å². The standard InChI is InChI=1S/C12H22N2O2/c1-5-16-12(15)9-11(4)14(10(2)3)8-6-7-13/h10-11H,5-6,8-9H2,1-4H3.